The Morgan fingerprint density at radius 1 is 0.629 bits per heavy atom. The van der Waals surface area contributed by atoms with Crippen LogP contribution < -0.4 is 25.8 Å². The Bertz CT molecular complexity index is 1980. The minimum atomic E-state index is -0.436. The first-order valence-electron chi connectivity index (χ1n) is 26.8. The van der Waals surface area contributed by atoms with Crippen LogP contribution in [-0.4, -0.2) is 48.3 Å². The molecule has 70 heavy (non-hydrogen) atoms. The van der Waals surface area contributed by atoms with Gasteiger partial charge in [0.2, 0.25) is 0 Å². The number of amides is 1. The molecule has 4 aliphatic carbocycles. The maximum atomic E-state index is 12.3. The maximum Gasteiger partial charge on any atom is 0.252 e. The Morgan fingerprint density at radius 2 is 1.11 bits per heavy atom. The Kier molecular flexibility index (Phi) is 26.5. The van der Waals surface area contributed by atoms with Crippen LogP contribution in [0.3, 0.4) is 0 Å². The zero-order valence-corrected chi connectivity index (χ0v) is 46.0. The Hall–Kier alpha value is -3.98. The summed E-state index contributed by atoms with van der Waals surface area (Å²) in [7, 11) is 0. The van der Waals surface area contributed by atoms with E-state index in [9.17, 15) is 14.4 Å². The molecular weight excluding hydrogens is 890 g/mol. The van der Waals surface area contributed by atoms with E-state index in [-0.39, 0.29) is 17.1 Å². The molecule has 3 aromatic rings. The van der Waals surface area contributed by atoms with Crippen LogP contribution in [0.25, 0.3) is 0 Å². The van der Waals surface area contributed by atoms with Gasteiger partial charge in [-0.25, -0.2) is 0 Å². The molecule has 3 saturated carbocycles. The second kappa shape index (κ2) is 30.8. The summed E-state index contributed by atoms with van der Waals surface area (Å²) in [4.78, 5) is 33.7. The highest BCUT2D eigenvalue weighted by atomic mass is 35.5. The molecule has 7 rings (SSSR count). The van der Waals surface area contributed by atoms with Gasteiger partial charge in [-0.3, -0.25) is 14.4 Å². The van der Waals surface area contributed by atoms with Gasteiger partial charge in [0.25, 0.3) is 11.1 Å². The van der Waals surface area contributed by atoms with E-state index in [1.54, 1.807) is 30.3 Å². The molecule has 3 fully saturated rings. The molecule has 1 amide bonds. The number of allylic oxidation sites excluding steroid dienone is 2. The van der Waals surface area contributed by atoms with Crippen LogP contribution in [0.15, 0.2) is 91.0 Å². The molecule has 3 aromatic carbocycles. The van der Waals surface area contributed by atoms with Crippen molar-refractivity contribution in [2.24, 2.45) is 27.4 Å². The third-order valence-corrected chi connectivity index (χ3v) is 14.0. The summed E-state index contributed by atoms with van der Waals surface area (Å²) in [6.07, 6.45) is 25.0. The highest BCUT2D eigenvalue weighted by molar-refractivity contribution is 6.67. The number of unbranched alkanes of at least 4 members (excludes halogenated alkanes) is 6. The smallest absolute Gasteiger partial charge is 0.252 e. The second-order valence-corrected chi connectivity index (χ2v) is 23.7. The number of nitrogens with two attached hydrogens (primary N) is 1. The third-order valence-electron chi connectivity index (χ3n) is 13.8. The van der Waals surface area contributed by atoms with Gasteiger partial charge in [0.1, 0.15) is 11.5 Å². The minimum absolute atomic E-state index is 0.0298. The van der Waals surface area contributed by atoms with E-state index in [0.29, 0.717) is 45.9 Å². The van der Waals surface area contributed by atoms with Crippen LogP contribution in [0.1, 0.15) is 211 Å². The van der Waals surface area contributed by atoms with Crippen molar-refractivity contribution in [2.45, 2.75) is 209 Å². The van der Waals surface area contributed by atoms with Crippen molar-refractivity contribution in [3.63, 3.8) is 0 Å². The number of nitrogens with one attached hydrogen (secondary N) is 2. The summed E-state index contributed by atoms with van der Waals surface area (Å²) >= 11 is 5.34. The van der Waals surface area contributed by atoms with Crippen LogP contribution in [0.5, 0.6) is 11.5 Å². The standard InChI is InChI=1S/C20H31NO2.C14H21N.C13H17ClO2.C7H15N.C7H10O/c1-4-5-6-7-14-23-18-10-8-16(9-11-18)19(22)21-17-12-13-20(2,3)15-17;1-14(2)9-8-13(10-14)15-11-12-6-4-3-5-7-12;1-2-3-4-5-10-16-12-8-6-11(7-9-12)13(14)15;2*1-7(2)4-3-6(8)5-7/h8-11,17H,4-7,12-15H2,1-3H3,(H,21,22);3-7,13,15H,8-11H2,1-2H3;6-9H,2-5,10H2,1H3;6H,3-5,8H2,1-2H3;3-4H,5H2,1-2H3. The van der Waals surface area contributed by atoms with Gasteiger partial charge in [-0.15, -0.1) is 0 Å². The molecule has 0 radical (unpaired) electrons. The van der Waals surface area contributed by atoms with Crippen LogP contribution in [-0.2, 0) is 11.3 Å². The van der Waals surface area contributed by atoms with E-state index < -0.39 is 5.24 Å². The minimum Gasteiger partial charge on any atom is -0.494 e. The number of benzene rings is 3. The number of hydrogen-bond donors (Lipinski definition) is 3. The molecule has 0 spiro atoms. The molecule has 3 atom stereocenters. The lowest BCUT2D eigenvalue weighted by Gasteiger charge is -2.18. The molecular formula is C61H94ClN3O5. The number of ketones is 1. The van der Waals surface area contributed by atoms with Gasteiger partial charge >= 0.3 is 0 Å². The van der Waals surface area contributed by atoms with Gasteiger partial charge in [-0.1, -0.05) is 144 Å². The van der Waals surface area contributed by atoms with Gasteiger partial charge in [-0.05, 0) is 164 Å². The fraction of sp³-hybridized carbons (Fsp3) is 0.623. The van der Waals surface area contributed by atoms with E-state index in [2.05, 4.69) is 110 Å². The van der Waals surface area contributed by atoms with Crippen LogP contribution in [0.2, 0.25) is 0 Å². The molecule has 9 heteroatoms. The lowest BCUT2D eigenvalue weighted by atomic mass is 9.92. The highest BCUT2D eigenvalue weighted by Gasteiger charge is 2.32. The number of ether oxygens (including phenoxy) is 2. The lowest BCUT2D eigenvalue weighted by molar-refractivity contribution is -0.115. The van der Waals surface area contributed by atoms with Gasteiger partial charge in [0.15, 0.2) is 5.78 Å². The lowest BCUT2D eigenvalue weighted by Crippen LogP contribution is -2.33. The number of halogens is 1. The molecule has 0 aliphatic heterocycles. The fourth-order valence-electron chi connectivity index (χ4n) is 9.49. The summed E-state index contributed by atoms with van der Waals surface area (Å²) < 4.78 is 11.2. The average Bonchev–Trinajstić information content (AvgIpc) is 4.05. The predicted molar refractivity (Wildman–Crippen MR) is 294 cm³/mol. The Balaban J connectivity index is 0.000000244. The molecule has 390 valence electrons. The van der Waals surface area contributed by atoms with Crippen molar-refractivity contribution in [3.05, 3.63) is 108 Å². The second-order valence-electron chi connectivity index (χ2n) is 23.3. The molecule has 4 N–H and O–H groups in total. The van der Waals surface area contributed by atoms with E-state index in [1.165, 1.54) is 89.0 Å². The highest BCUT2D eigenvalue weighted by Crippen LogP contribution is 2.38. The van der Waals surface area contributed by atoms with E-state index in [4.69, 9.17) is 26.8 Å². The summed E-state index contributed by atoms with van der Waals surface area (Å²) in [5, 5.41) is 6.37. The SMILES string of the molecule is CC1(C)C=CC(=O)C1.CC1(C)CCC(N)C1.CC1(C)CCC(NCc2ccccc2)C1.CCCCCCOc1ccc(C(=O)Cl)cc1.CCCCCCOc1ccc(C(=O)NC2CCC(C)(C)C2)cc1. The molecule has 8 nitrogen and oxygen atoms in total. The van der Waals surface area contributed by atoms with Crippen molar-refractivity contribution < 1.29 is 23.9 Å². The normalized spacial score (nSPS) is 20.8. The topological polar surface area (TPSA) is 120 Å². The van der Waals surface area contributed by atoms with Crippen molar-refractivity contribution >= 4 is 28.5 Å². The van der Waals surface area contributed by atoms with E-state index >= 15 is 0 Å². The first-order valence-corrected chi connectivity index (χ1v) is 27.2. The van der Waals surface area contributed by atoms with Crippen molar-refractivity contribution in [1.29, 1.82) is 0 Å². The molecule has 4 aliphatic rings. The predicted octanol–water partition coefficient (Wildman–Crippen LogP) is 15.4. The number of rotatable bonds is 18. The number of carbonyl (C=O) groups excluding carboxylic acids is 3. The molecule has 3 unspecified atom stereocenters. The summed E-state index contributed by atoms with van der Waals surface area (Å²) in [5.41, 5.74) is 9.90. The van der Waals surface area contributed by atoms with Crippen molar-refractivity contribution in [2.75, 3.05) is 13.2 Å². The number of hydrogen-bond acceptors (Lipinski definition) is 7. The monoisotopic (exact) mass is 984 g/mol. The summed E-state index contributed by atoms with van der Waals surface area (Å²) in [6.45, 7) is 24.9. The van der Waals surface area contributed by atoms with Crippen molar-refractivity contribution in [1.82, 2.24) is 10.6 Å². The molecule has 0 heterocycles. The van der Waals surface area contributed by atoms with E-state index in [1.807, 2.05) is 30.3 Å². The Morgan fingerprint density at radius 3 is 1.49 bits per heavy atom. The number of carbonyl (C=O) groups is 3. The zero-order chi connectivity index (χ0) is 51.6. The van der Waals surface area contributed by atoms with E-state index in [0.717, 1.165) is 63.0 Å². The quantitative estimate of drug-likeness (QED) is 0.0858. The van der Waals surface area contributed by atoms with Gasteiger partial charge in [-0.2, -0.15) is 0 Å². The van der Waals surface area contributed by atoms with Crippen molar-refractivity contribution in [3.8, 4) is 11.5 Å². The summed E-state index contributed by atoms with van der Waals surface area (Å²) in [5.74, 6) is 1.93. The first kappa shape index (κ1) is 60.3. The van der Waals surface area contributed by atoms with Crippen LogP contribution in [0, 0.1) is 21.7 Å². The van der Waals surface area contributed by atoms with Gasteiger partial charge < -0.3 is 25.8 Å². The Labute approximate surface area is 430 Å². The zero-order valence-electron chi connectivity index (χ0n) is 45.2. The molecule has 0 aromatic heterocycles. The van der Waals surface area contributed by atoms with Gasteiger partial charge in [0.05, 0.1) is 13.2 Å². The first-order chi connectivity index (χ1) is 33.1. The van der Waals surface area contributed by atoms with Crippen LogP contribution >= 0.6 is 11.6 Å². The fourth-order valence-corrected chi connectivity index (χ4v) is 9.62. The third kappa shape index (κ3) is 25.9. The average molecular weight is 985 g/mol. The molecule has 0 bridgehead atoms. The maximum absolute atomic E-state index is 12.3. The van der Waals surface area contributed by atoms with Gasteiger partial charge in [0, 0.05) is 42.2 Å². The largest absolute Gasteiger partial charge is 0.494 e. The summed E-state index contributed by atoms with van der Waals surface area (Å²) in [6, 6.07) is 26.6. The van der Waals surface area contributed by atoms with Crippen LogP contribution in [0.4, 0.5) is 0 Å². The molecule has 0 saturated heterocycles.